The molecule has 98 valence electrons. The van der Waals surface area contributed by atoms with Crippen molar-refractivity contribution in [2.24, 2.45) is 0 Å². The Kier molecular flexibility index (Phi) is 3.52. The number of methoxy groups -OCH3 is 1. The monoisotopic (exact) mass is 250 g/mol. The number of amides is 1. The number of nitrogens with zero attached hydrogens (tertiary/aromatic N) is 2. The molecule has 0 radical (unpaired) electrons. The van der Waals surface area contributed by atoms with Crippen LogP contribution in [0.2, 0.25) is 0 Å². The van der Waals surface area contributed by atoms with Gasteiger partial charge in [0.15, 0.2) is 0 Å². The van der Waals surface area contributed by atoms with Crippen LogP contribution in [-0.4, -0.2) is 46.7 Å². The smallest absolute Gasteiger partial charge is 0.259 e. The molecular weight excluding hydrogens is 232 g/mol. The number of pyridine rings is 1. The Hall–Kier alpha value is -1.62. The summed E-state index contributed by atoms with van der Waals surface area (Å²) >= 11 is 0. The third-order valence-electron chi connectivity index (χ3n) is 3.32. The molecule has 1 aromatic rings. The quantitative estimate of drug-likeness (QED) is 0.853. The number of hydrogen-bond donors (Lipinski definition) is 1. The first-order chi connectivity index (χ1) is 8.53. The number of aromatic nitrogens is 1. The van der Waals surface area contributed by atoms with E-state index in [1.165, 1.54) is 7.11 Å². The zero-order chi connectivity index (χ0) is 13.2. The molecule has 0 spiro atoms. The molecule has 1 saturated heterocycles. The Morgan fingerprint density at radius 3 is 2.78 bits per heavy atom. The van der Waals surface area contributed by atoms with E-state index < -0.39 is 5.60 Å². The van der Waals surface area contributed by atoms with Crippen LogP contribution in [0, 0.1) is 0 Å². The first kappa shape index (κ1) is 12.8. The summed E-state index contributed by atoms with van der Waals surface area (Å²) in [6.07, 6.45) is 2.79. The zero-order valence-corrected chi connectivity index (χ0v) is 10.7. The summed E-state index contributed by atoms with van der Waals surface area (Å²) in [6.45, 7) is 2.92. The van der Waals surface area contributed by atoms with Gasteiger partial charge in [0.05, 0.1) is 12.7 Å². The minimum atomic E-state index is -0.657. The molecule has 1 fully saturated rings. The van der Waals surface area contributed by atoms with Crippen molar-refractivity contribution in [2.45, 2.75) is 25.4 Å². The van der Waals surface area contributed by atoms with Gasteiger partial charge in [-0.25, -0.2) is 4.98 Å². The van der Waals surface area contributed by atoms with Gasteiger partial charge in [0, 0.05) is 19.3 Å². The van der Waals surface area contributed by atoms with Gasteiger partial charge in [0.2, 0.25) is 5.88 Å². The van der Waals surface area contributed by atoms with Crippen molar-refractivity contribution in [1.82, 2.24) is 9.88 Å². The average molecular weight is 250 g/mol. The standard InChI is InChI=1S/C13H18N2O3/c1-13(17)5-8-15(9-6-13)12(16)10-4-3-7-14-11(10)18-2/h3-4,7,17H,5-6,8-9H2,1-2H3. The van der Waals surface area contributed by atoms with Crippen molar-refractivity contribution in [3.05, 3.63) is 23.9 Å². The number of aliphatic hydroxyl groups is 1. The van der Waals surface area contributed by atoms with Gasteiger partial charge in [-0.3, -0.25) is 4.79 Å². The normalized spacial score (nSPS) is 18.5. The Balaban J connectivity index is 2.13. The molecule has 0 saturated carbocycles. The van der Waals surface area contributed by atoms with Crippen molar-refractivity contribution in [2.75, 3.05) is 20.2 Å². The van der Waals surface area contributed by atoms with Crippen LogP contribution in [0.15, 0.2) is 18.3 Å². The van der Waals surface area contributed by atoms with Crippen molar-refractivity contribution >= 4 is 5.91 Å². The van der Waals surface area contributed by atoms with E-state index in [4.69, 9.17) is 4.74 Å². The molecule has 1 aliphatic heterocycles. The van der Waals surface area contributed by atoms with Gasteiger partial charge < -0.3 is 14.7 Å². The van der Waals surface area contributed by atoms with E-state index >= 15 is 0 Å². The van der Waals surface area contributed by atoms with Crippen LogP contribution in [0.25, 0.3) is 0 Å². The molecule has 0 unspecified atom stereocenters. The van der Waals surface area contributed by atoms with E-state index in [0.717, 1.165) is 0 Å². The van der Waals surface area contributed by atoms with E-state index in [1.807, 2.05) is 0 Å². The largest absolute Gasteiger partial charge is 0.480 e. The summed E-state index contributed by atoms with van der Waals surface area (Å²) in [5.74, 6) is 0.260. The SMILES string of the molecule is COc1ncccc1C(=O)N1CCC(C)(O)CC1. The summed E-state index contributed by atoms with van der Waals surface area (Å²) in [7, 11) is 1.50. The van der Waals surface area contributed by atoms with Crippen LogP contribution in [0.3, 0.4) is 0 Å². The zero-order valence-electron chi connectivity index (χ0n) is 10.7. The van der Waals surface area contributed by atoms with Gasteiger partial charge in [-0.05, 0) is 31.9 Å². The van der Waals surface area contributed by atoms with Crippen LogP contribution < -0.4 is 4.74 Å². The molecule has 1 aliphatic rings. The molecule has 1 N–H and O–H groups in total. The first-order valence-electron chi connectivity index (χ1n) is 6.04. The van der Waals surface area contributed by atoms with Gasteiger partial charge in [0.1, 0.15) is 5.56 Å². The van der Waals surface area contributed by atoms with Crippen molar-refractivity contribution < 1.29 is 14.6 Å². The maximum absolute atomic E-state index is 12.3. The lowest BCUT2D eigenvalue weighted by Crippen LogP contribution is -2.45. The maximum Gasteiger partial charge on any atom is 0.259 e. The van der Waals surface area contributed by atoms with E-state index in [9.17, 15) is 9.90 Å². The molecule has 18 heavy (non-hydrogen) atoms. The molecule has 0 aromatic carbocycles. The highest BCUT2D eigenvalue weighted by atomic mass is 16.5. The fourth-order valence-corrected chi connectivity index (χ4v) is 2.08. The molecule has 2 heterocycles. The Morgan fingerprint density at radius 1 is 1.50 bits per heavy atom. The molecule has 0 atom stereocenters. The Bertz CT molecular complexity index is 436. The van der Waals surface area contributed by atoms with E-state index in [0.29, 0.717) is 37.4 Å². The van der Waals surface area contributed by atoms with Gasteiger partial charge in [-0.15, -0.1) is 0 Å². The number of carbonyl (C=O) groups excluding carboxylic acids is 1. The summed E-state index contributed by atoms with van der Waals surface area (Å²) in [4.78, 5) is 18.1. The molecule has 0 bridgehead atoms. The number of rotatable bonds is 2. The minimum absolute atomic E-state index is 0.0875. The van der Waals surface area contributed by atoms with Gasteiger partial charge in [-0.2, -0.15) is 0 Å². The molecule has 1 amide bonds. The highest BCUT2D eigenvalue weighted by Gasteiger charge is 2.30. The lowest BCUT2D eigenvalue weighted by Gasteiger charge is -2.35. The number of carbonyl (C=O) groups is 1. The van der Waals surface area contributed by atoms with Gasteiger partial charge >= 0.3 is 0 Å². The topological polar surface area (TPSA) is 62.7 Å². The Labute approximate surface area is 106 Å². The van der Waals surface area contributed by atoms with Crippen LogP contribution in [-0.2, 0) is 0 Å². The number of hydrogen-bond acceptors (Lipinski definition) is 4. The highest BCUT2D eigenvalue weighted by molar-refractivity contribution is 5.96. The van der Waals surface area contributed by atoms with E-state index in [1.54, 1.807) is 30.2 Å². The van der Waals surface area contributed by atoms with Crippen LogP contribution in [0.5, 0.6) is 5.88 Å². The molecule has 1 aromatic heterocycles. The minimum Gasteiger partial charge on any atom is -0.480 e. The second-order valence-corrected chi connectivity index (χ2v) is 4.85. The lowest BCUT2D eigenvalue weighted by atomic mass is 9.93. The number of piperidine rings is 1. The molecule has 0 aliphatic carbocycles. The molecular formula is C13H18N2O3. The Morgan fingerprint density at radius 2 is 2.17 bits per heavy atom. The summed E-state index contributed by atoms with van der Waals surface area (Å²) in [5.41, 5.74) is -0.183. The molecule has 2 rings (SSSR count). The predicted molar refractivity (Wildman–Crippen MR) is 66.6 cm³/mol. The molecule has 5 nitrogen and oxygen atoms in total. The maximum atomic E-state index is 12.3. The molecule has 5 heteroatoms. The second kappa shape index (κ2) is 4.94. The van der Waals surface area contributed by atoms with Crippen LogP contribution in [0.4, 0.5) is 0 Å². The van der Waals surface area contributed by atoms with Gasteiger partial charge in [0.25, 0.3) is 5.91 Å². The van der Waals surface area contributed by atoms with Crippen molar-refractivity contribution in [3.8, 4) is 5.88 Å². The predicted octanol–water partition coefficient (Wildman–Crippen LogP) is 1.08. The van der Waals surface area contributed by atoms with E-state index in [2.05, 4.69) is 4.98 Å². The third kappa shape index (κ3) is 2.61. The highest BCUT2D eigenvalue weighted by Crippen LogP contribution is 2.24. The number of ether oxygens (including phenoxy) is 1. The summed E-state index contributed by atoms with van der Waals surface area (Å²) in [6, 6.07) is 3.43. The third-order valence-corrected chi connectivity index (χ3v) is 3.32. The average Bonchev–Trinajstić information content (AvgIpc) is 2.38. The fourth-order valence-electron chi connectivity index (χ4n) is 2.08. The second-order valence-electron chi connectivity index (χ2n) is 4.85. The summed E-state index contributed by atoms with van der Waals surface area (Å²) in [5, 5.41) is 9.87. The van der Waals surface area contributed by atoms with Crippen molar-refractivity contribution in [3.63, 3.8) is 0 Å². The van der Waals surface area contributed by atoms with Gasteiger partial charge in [-0.1, -0.05) is 0 Å². The summed E-state index contributed by atoms with van der Waals surface area (Å²) < 4.78 is 5.09. The fraction of sp³-hybridized carbons (Fsp3) is 0.538. The van der Waals surface area contributed by atoms with E-state index in [-0.39, 0.29) is 5.91 Å². The van der Waals surface area contributed by atoms with Crippen molar-refractivity contribution in [1.29, 1.82) is 0 Å². The van der Waals surface area contributed by atoms with Crippen LogP contribution >= 0.6 is 0 Å². The lowest BCUT2D eigenvalue weighted by molar-refractivity contribution is -0.00210. The first-order valence-corrected chi connectivity index (χ1v) is 6.04. The van der Waals surface area contributed by atoms with Crippen LogP contribution in [0.1, 0.15) is 30.1 Å². The number of likely N-dealkylation sites (tertiary alicyclic amines) is 1.